The van der Waals surface area contributed by atoms with Gasteiger partial charge >= 0.3 is 0 Å². The van der Waals surface area contributed by atoms with Crippen LogP contribution in [-0.2, 0) is 19.3 Å². The van der Waals surface area contributed by atoms with E-state index in [4.69, 9.17) is 69.1 Å². The van der Waals surface area contributed by atoms with Crippen LogP contribution in [0.5, 0.6) is 0 Å². The number of aryl methyl sites for hydroxylation is 3. The number of hydrogen-bond acceptors (Lipinski definition) is 3. The first kappa shape index (κ1) is 40.0. The number of aliphatic imine (C=N–C) groups is 5. The Labute approximate surface area is 286 Å². The van der Waals surface area contributed by atoms with Crippen molar-refractivity contribution in [2.75, 3.05) is 19.6 Å². The fourth-order valence-corrected chi connectivity index (χ4v) is 4.11. The Kier molecular flexibility index (Phi) is 18.5. The molecule has 254 valence electrons. The Morgan fingerprint density at radius 1 is 0.511 bits per heavy atom. The normalized spacial score (nSPS) is 10.8. The second-order valence-corrected chi connectivity index (χ2v) is 11.0. The lowest BCUT2D eigenvalue weighted by Crippen LogP contribution is -2.26. The molecule has 0 saturated carbocycles. The summed E-state index contributed by atoms with van der Waals surface area (Å²) in [5, 5.41) is 1.05. The van der Waals surface area contributed by atoms with Gasteiger partial charge in [0.25, 0.3) is 0 Å². The number of nitrogens with zero attached hydrogens (tertiary/aromatic N) is 5. The lowest BCUT2D eigenvalue weighted by Gasteiger charge is -2.03. The van der Waals surface area contributed by atoms with Gasteiger partial charge in [0.05, 0.1) is 10.0 Å². The molecule has 0 aliphatic heterocycles. The molecule has 0 spiro atoms. The molecule has 15 heteroatoms. The summed E-state index contributed by atoms with van der Waals surface area (Å²) in [7, 11) is 0. The van der Waals surface area contributed by atoms with Gasteiger partial charge in [-0.15, -0.1) is 0 Å². The van der Waals surface area contributed by atoms with Crippen LogP contribution in [0.25, 0.3) is 0 Å². The highest BCUT2D eigenvalue weighted by atomic mass is 35.5. The molecule has 0 fully saturated rings. The van der Waals surface area contributed by atoms with Gasteiger partial charge in [0, 0.05) is 19.6 Å². The molecular formula is C32H47Cl2N13. The average Bonchev–Trinajstić information content (AvgIpc) is 2.97. The van der Waals surface area contributed by atoms with Gasteiger partial charge in [-0.1, -0.05) is 71.7 Å². The van der Waals surface area contributed by atoms with Gasteiger partial charge in [-0.05, 0) is 85.5 Å². The van der Waals surface area contributed by atoms with E-state index in [0.717, 1.165) is 18.4 Å². The van der Waals surface area contributed by atoms with Crippen molar-refractivity contribution in [3.63, 3.8) is 0 Å². The number of hydrogen-bond donors (Lipinski definition) is 8. The standard InChI is InChI=1S/C11H17N5.C11H17N3.C10H13Cl2N5/c1-8-4-2-3-5-9(8)6-7-15-11(14)16-10(12)13;1-8-3-4-10(7-9(8)2)5-6-14-11(12)13;11-7-2-1-6(5-8(7)12)3-4-16-10(15)17-9(13)14/h2-5H,6-7H2,1H3,(H6,12,13,14,15,16);3-4,7H,5-6H2,1-2H3,(H4,12,13,14);1-2,5H,3-4H2,(H6,13,14,15,16,17). The molecule has 0 aliphatic rings. The molecule has 16 N–H and O–H groups in total. The van der Waals surface area contributed by atoms with Crippen molar-refractivity contribution in [1.82, 2.24) is 0 Å². The van der Waals surface area contributed by atoms with Gasteiger partial charge in [-0.3, -0.25) is 15.0 Å². The Hall–Kier alpha value is -5.01. The van der Waals surface area contributed by atoms with E-state index in [2.05, 4.69) is 76.1 Å². The van der Waals surface area contributed by atoms with Crippen molar-refractivity contribution < 1.29 is 0 Å². The Balaban J connectivity index is 0.000000354. The molecule has 13 nitrogen and oxygen atoms in total. The minimum atomic E-state index is -0.110. The molecule has 0 atom stereocenters. The van der Waals surface area contributed by atoms with Gasteiger partial charge < -0.3 is 45.9 Å². The van der Waals surface area contributed by atoms with Crippen LogP contribution in [-0.4, -0.2) is 49.4 Å². The number of halogens is 2. The van der Waals surface area contributed by atoms with Gasteiger partial charge in [0.1, 0.15) is 0 Å². The smallest absolute Gasteiger partial charge is 0.218 e. The second-order valence-electron chi connectivity index (χ2n) is 10.2. The third kappa shape index (κ3) is 18.5. The predicted molar refractivity (Wildman–Crippen MR) is 200 cm³/mol. The van der Waals surface area contributed by atoms with E-state index in [-0.39, 0.29) is 29.8 Å². The molecule has 47 heavy (non-hydrogen) atoms. The summed E-state index contributed by atoms with van der Waals surface area (Å²) in [5.41, 5.74) is 49.5. The summed E-state index contributed by atoms with van der Waals surface area (Å²) in [6, 6.07) is 20.0. The SMILES string of the molecule is Cc1ccc(CCN=C(N)N)cc1C.Cc1ccccc1CCN=C(N)N=C(N)N.NC(N)=NC(N)=NCCc1ccc(Cl)c(Cl)c1. The molecule has 0 aliphatic carbocycles. The molecule has 0 radical (unpaired) electrons. The minimum Gasteiger partial charge on any atom is -0.370 e. The lowest BCUT2D eigenvalue weighted by molar-refractivity contribution is 0.952. The first-order valence-corrected chi connectivity index (χ1v) is 15.3. The van der Waals surface area contributed by atoms with Crippen molar-refractivity contribution >= 4 is 53.0 Å². The van der Waals surface area contributed by atoms with Crippen molar-refractivity contribution in [1.29, 1.82) is 0 Å². The zero-order valence-electron chi connectivity index (χ0n) is 27.1. The zero-order valence-corrected chi connectivity index (χ0v) is 28.6. The fraction of sp³-hybridized carbons (Fsp3) is 0.281. The number of benzene rings is 3. The maximum absolute atomic E-state index is 5.88. The molecule has 0 saturated heterocycles. The van der Waals surface area contributed by atoms with E-state index < -0.39 is 0 Å². The summed E-state index contributed by atoms with van der Waals surface area (Å²) in [5.74, 6) is 0.158. The zero-order chi connectivity index (χ0) is 35.4. The fourth-order valence-electron chi connectivity index (χ4n) is 3.78. The molecular weight excluding hydrogens is 637 g/mol. The molecule has 0 heterocycles. The van der Waals surface area contributed by atoms with Crippen LogP contribution in [0.15, 0.2) is 85.6 Å². The van der Waals surface area contributed by atoms with Crippen LogP contribution >= 0.6 is 23.2 Å². The Bertz CT molecular complexity index is 1570. The van der Waals surface area contributed by atoms with Gasteiger partial charge in [-0.2, -0.15) is 9.98 Å². The van der Waals surface area contributed by atoms with E-state index in [9.17, 15) is 0 Å². The highest BCUT2D eigenvalue weighted by molar-refractivity contribution is 6.42. The van der Waals surface area contributed by atoms with Gasteiger partial charge in [0.15, 0.2) is 17.9 Å². The van der Waals surface area contributed by atoms with Crippen LogP contribution < -0.4 is 45.9 Å². The summed E-state index contributed by atoms with van der Waals surface area (Å²) in [4.78, 5) is 19.2. The first-order chi connectivity index (χ1) is 22.2. The largest absolute Gasteiger partial charge is 0.370 e. The van der Waals surface area contributed by atoms with Crippen molar-refractivity contribution in [2.24, 2.45) is 70.8 Å². The van der Waals surface area contributed by atoms with Crippen molar-refractivity contribution in [3.05, 3.63) is 104 Å². The van der Waals surface area contributed by atoms with E-state index in [1.165, 1.54) is 27.8 Å². The summed E-state index contributed by atoms with van der Waals surface area (Å²) in [6.07, 6.45) is 2.39. The van der Waals surface area contributed by atoms with E-state index >= 15 is 0 Å². The number of rotatable bonds is 9. The average molecular weight is 685 g/mol. The predicted octanol–water partition coefficient (Wildman–Crippen LogP) is 2.37. The lowest BCUT2D eigenvalue weighted by atomic mass is 10.0. The van der Waals surface area contributed by atoms with Crippen molar-refractivity contribution in [2.45, 2.75) is 40.0 Å². The van der Waals surface area contributed by atoms with E-state index in [1.807, 2.05) is 18.2 Å². The highest BCUT2D eigenvalue weighted by Gasteiger charge is 2.00. The van der Waals surface area contributed by atoms with Crippen LogP contribution in [0.2, 0.25) is 10.0 Å². The summed E-state index contributed by atoms with van der Waals surface area (Å²) >= 11 is 11.7. The monoisotopic (exact) mass is 683 g/mol. The first-order valence-electron chi connectivity index (χ1n) is 14.6. The number of guanidine groups is 5. The molecule has 0 aromatic heterocycles. The maximum Gasteiger partial charge on any atom is 0.218 e. The highest BCUT2D eigenvalue weighted by Crippen LogP contribution is 2.22. The van der Waals surface area contributed by atoms with E-state index in [1.54, 1.807) is 12.1 Å². The molecule has 0 unspecified atom stereocenters. The minimum absolute atomic E-state index is 0.0602. The van der Waals surface area contributed by atoms with Crippen LogP contribution in [0, 0.1) is 20.8 Å². The molecule has 0 bridgehead atoms. The van der Waals surface area contributed by atoms with Crippen LogP contribution in [0.4, 0.5) is 0 Å². The van der Waals surface area contributed by atoms with Gasteiger partial charge in [0.2, 0.25) is 11.9 Å². The number of nitrogens with two attached hydrogens (primary N) is 8. The third-order valence-electron chi connectivity index (χ3n) is 6.33. The van der Waals surface area contributed by atoms with E-state index in [0.29, 0.717) is 36.1 Å². The third-order valence-corrected chi connectivity index (χ3v) is 7.07. The van der Waals surface area contributed by atoms with Crippen LogP contribution in [0.1, 0.15) is 33.4 Å². The quantitative estimate of drug-likeness (QED) is 0.122. The summed E-state index contributed by atoms with van der Waals surface area (Å²) < 4.78 is 0. The summed E-state index contributed by atoms with van der Waals surface area (Å²) in [6.45, 7) is 7.99. The second kappa shape index (κ2) is 21.7. The Morgan fingerprint density at radius 2 is 1.02 bits per heavy atom. The van der Waals surface area contributed by atoms with Crippen LogP contribution in [0.3, 0.4) is 0 Å². The maximum atomic E-state index is 5.88. The Morgan fingerprint density at radius 3 is 1.53 bits per heavy atom. The topological polar surface area (TPSA) is 270 Å². The molecule has 3 aromatic carbocycles. The molecule has 0 amide bonds. The van der Waals surface area contributed by atoms with Gasteiger partial charge in [-0.25, -0.2) is 0 Å². The molecule has 3 aromatic rings. The molecule has 3 rings (SSSR count). The van der Waals surface area contributed by atoms with Crippen molar-refractivity contribution in [3.8, 4) is 0 Å².